The van der Waals surface area contributed by atoms with Crippen LogP contribution in [0.3, 0.4) is 0 Å². The average Bonchev–Trinajstić information content (AvgIpc) is 2.32. The summed E-state index contributed by atoms with van der Waals surface area (Å²) in [7, 11) is 0. The number of carbonyl (C=O) groups is 3. The van der Waals surface area contributed by atoms with E-state index < -0.39 is 5.97 Å². The minimum Gasteiger partial charge on any atom is -0.481 e. The molecule has 7 heteroatoms. The molecule has 0 aromatic heterocycles. The number of nitrogens with one attached hydrogen (secondary N) is 1. The first-order valence-corrected chi connectivity index (χ1v) is 6.98. The van der Waals surface area contributed by atoms with Gasteiger partial charge in [-0.15, -0.1) is 0 Å². The van der Waals surface area contributed by atoms with Crippen LogP contribution in [0.1, 0.15) is 26.2 Å². The molecule has 0 atom stereocenters. The van der Waals surface area contributed by atoms with Gasteiger partial charge >= 0.3 is 12.0 Å². The molecule has 0 aliphatic carbocycles. The number of carbonyl (C=O) groups excluding carboxylic acids is 2. The summed E-state index contributed by atoms with van der Waals surface area (Å²) < 4.78 is 0. The molecule has 2 saturated heterocycles. The Morgan fingerprint density at radius 1 is 1.15 bits per heavy atom. The molecule has 3 amide bonds. The lowest BCUT2D eigenvalue weighted by Crippen LogP contribution is -2.57. The van der Waals surface area contributed by atoms with Crippen molar-refractivity contribution in [2.24, 2.45) is 5.92 Å². The number of nitrogens with zero attached hydrogens (tertiary/aromatic N) is 2. The molecule has 2 rings (SSSR count). The lowest BCUT2D eigenvalue weighted by Gasteiger charge is -2.43. The van der Waals surface area contributed by atoms with Crippen molar-refractivity contribution in [1.82, 2.24) is 15.1 Å². The van der Waals surface area contributed by atoms with Gasteiger partial charge in [-0.2, -0.15) is 0 Å². The Morgan fingerprint density at radius 2 is 1.75 bits per heavy atom. The van der Waals surface area contributed by atoms with E-state index in [0.717, 1.165) is 12.8 Å². The molecule has 0 saturated carbocycles. The zero-order chi connectivity index (χ0) is 14.7. The van der Waals surface area contributed by atoms with Crippen LogP contribution in [0.25, 0.3) is 0 Å². The highest BCUT2D eigenvalue weighted by molar-refractivity contribution is 5.76. The third-order valence-corrected chi connectivity index (χ3v) is 3.86. The maximum atomic E-state index is 12.2. The number of carboxylic acids is 1. The maximum absolute atomic E-state index is 12.2. The van der Waals surface area contributed by atoms with Gasteiger partial charge in [0.15, 0.2) is 0 Å². The molecule has 0 bridgehead atoms. The minimum atomic E-state index is -0.807. The number of carboxylic acid groups (broad SMARTS) is 1. The van der Waals surface area contributed by atoms with E-state index in [9.17, 15) is 14.4 Å². The zero-order valence-electron chi connectivity index (χ0n) is 11.7. The van der Waals surface area contributed by atoms with Gasteiger partial charge in [-0.3, -0.25) is 9.59 Å². The number of hydrogen-bond acceptors (Lipinski definition) is 3. The normalized spacial score (nSPS) is 20.4. The van der Waals surface area contributed by atoms with Crippen molar-refractivity contribution >= 4 is 17.9 Å². The van der Waals surface area contributed by atoms with E-state index in [-0.39, 0.29) is 30.3 Å². The summed E-state index contributed by atoms with van der Waals surface area (Å²) >= 11 is 0. The molecule has 0 unspecified atom stereocenters. The van der Waals surface area contributed by atoms with Crippen molar-refractivity contribution in [1.29, 1.82) is 0 Å². The van der Waals surface area contributed by atoms with Gasteiger partial charge < -0.3 is 20.2 Å². The van der Waals surface area contributed by atoms with Crippen LogP contribution < -0.4 is 5.32 Å². The number of aliphatic carboxylic acids is 1. The molecular formula is C13H21N3O4. The second kappa shape index (κ2) is 6.11. The Kier molecular flexibility index (Phi) is 4.46. The first kappa shape index (κ1) is 14.6. The molecule has 2 heterocycles. The smallest absolute Gasteiger partial charge is 0.320 e. The topological polar surface area (TPSA) is 90.0 Å². The van der Waals surface area contributed by atoms with Gasteiger partial charge in [-0.05, 0) is 12.8 Å². The number of urea groups is 1. The molecule has 7 nitrogen and oxygen atoms in total. The molecule has 0 spiro atoms. The number of piperidine rings is 1. The lowest BCUT2D eigenvalue weighted by atomic mass is 9.96. The van der Waals surface area contributed by atoms with E-state index in [4.69, 9.17) is 5.11 Å². The van der Waals surface area contributed by atoms with Crippen LogP contribution in [-0.2, 0) is 9.59 Å². The molecule has 2 aliphatic rings. The molecule has 2 aliphatic heterocycles. The Labute approximate surface area is 117 Å². The summed E-state index contributed by atoms with van der Waals surface area (Å²) in [5.74, 6) is -0.749. The quantitative estimate of drug-likeness (QED) is 0.769. The van der Waals surface area contributed by atoms with E-state index in [1.807, 2.05) is 0 Å². The van der Waals surface area contributed by atoms with E-state index in [0.29, 0.717) is 26.2 Å². The van der Waals surface area contributed by atoms with Crippen LogP contribution in [0.15, 0.2) is 0 Å². The van der Waals surface area contributed by atoms with Gasteiger partial charge in [0, 0.05) is 45.1 Å². The SMILES string of the molecule is CC(=O)NC1CCN(C(=O)N2CC(CC(=O)O)C2)CC1. The van der Waals surface area contributed by atoms with Crippen LogP contribution in [-0.4, -0.2) is 65.0 Å². The lowest BCUT2D eigenvalue weighted by molar-refractivity contribution is -0.139. The highest BCUT2D eigenvalue weighted by Gasteiger charge is 2.35. The van der Waals surface area contributed by atoms with E-state index >= 15 is 0 Å². The highest BCUT2D eigenvalue weighted by Crippen LogP contribution is 2.22. The predicted octanol–water partition coefficient (Wildman–Crippen LogP) is 0.113. The first-order valence-electron chi connectivity index (χ1n) is 6.98. The van der Waals surface area contributed by atoms with Crippen LogP contribution in [0.4, 0.5) is 4.79 Å². The summed E-state index contributed by atoms with van der Waals surface area (Å²) in [6, 6.07) is 0.153. The van der Waals surface area contributed by atoms with Crippen molar-refractivity contribution in [3.63, 3.8) is 0 Å². The molecular weight excluding hydrogens is 262 g/mol. The van der Waals surface area contributed by atoms with Crippen molar-refractivity contribution in [2.75, 3.05) is 26.2 Å². The van der Waals surface area contributed by atoms with Gasteiger partial charge in [-0.1, -0.05) is 0 Å². The summed E-state index contributed by atoms with van der Waals surface area (Å²) in [5.41, 5.74) is 0. The Hall–Kier alpha value is -1.79. The number of amides is 3. The highest BCUT2D eigenvalue weighted by atomic mass is 16.4. The second-order valence-electron chi connectivity index (χ2n) is 5.61. The fourth-order valence-corrected chi connectivity index (χ4v) is 2.80. The van der Waals surface area contributed by atoms with Crippen LogP contribution in [0.2, 0.25) is 0 Å². The monoisotopic (exact) mass is 283 g/mol. The zero-order valence-corrected chi connectivity index (χ0v) is 11.7. The summed E-state index contributed by atoms with van der Waals surface area (Å²) in [4.78, 5) is 37.2. The third-order valence-electron chi connectivity index (χ3n) is 3.86. The van der Waals surface area contributed by atoms with Gasteiger partial charge in [0.25, 0.3) is 0 Å². The maximum Gasteiger partial charge on any atom is 0.320 e. The van der Waals surface area contributed by atoms with Gasteiger partial charge in [0.2, 0.25) is 5.91 Å². The first-order chi connectivity index (χ1) is 9.45. The largest absolute Gasteiger partial charge is 0.481 e. The van der Waals surface area contributed by atoms with Gasteiger partial charge in [0.05, 0.1) is 6.42 Å². The molecule has 2 N–H and O–H groups in total. The van der Waals surface area contributed by atoms with Crippen molar-refractivity contribution in [3.8, 4) is 0 Å². The summed E-state index contributed by atoms with van der Waals surface area (Å²) in [6.07, 6.45) is 1.68. The Morgan fingerprint density at radius 3 is 2.25 bits per heavy atom. The fourth-order valence-electron chi connectivity index (χ4n) is 2.80. The van der Waals surface area contributed by atoms with Gasteiger partial charge in [-0.25, -0.2) is 4.79 Å². The van der Waals surface area contributed by atoms with Crippen molar-refractivity contribution < 1.29 is 19.5 Å². The summed E-state index contributed by atoms with van der Waals surface area (Å²) in [6.45, 7) is 3.86. The number of rotatable bonds is 3. The minimum absolute atomic E-state index is 0.00656. The molecule has 0 aromatic rings. The van der Waals surface area contributed by atoms with Crippen molar-refractivity contribution in [3.05, 3.63) is 0 Å². The van der Waals surface area contributed by atoms with Crippen LogP contribution >= 0.6 is 0 Å². The molecule has 2 fully saturated rings. The fraction of sp³-hybridized carbons (Fsp3) is 0.769. The molecule has 0 radical (unpaired) electrons. The van der Waals surface area contributed by atoms with Gasteiger partial charge in [0.1, 0.15) is 0 Å². The van der Waals surface area contributed by atoms with E-state index in [1.165, 1.54) is 6.92 Å². The van der Waals surface area contributed by atoms with E-state index in [1.54, 1.807) is 9.80 Å². The standard InChI is InChI=1S/C13H21N3O4/c1-9(17)14-11-2-4-15(5-3-11)13(20)16-7-10(8-16)6-12(18)19/h10-11H,2-8H2,1H3,(H,14,17)(H,18,19). The molecule has 0 aromatic carbocycles. The average molecular weight is 283 g/mol. The number of hydrogen-bond donors (Lipinski definition) is 2. The predicted molar refractivity (Wildman–Crippen MR) is 71.1 cm³/mol. The van der Waals surface area contributed by atoms with E-state index in [2.05, 4.69) is 5.32 Å². The molecule has 112 valence electrons. The summed E-state index contributed by atoms with van der Waals surface area (Å²) in [5, 5.41) is 11.5. The third kappa shape index (κ3) is 3.61. The van der Waals surface area contributed by atoms with Crippen molar-refractivity contribution in [2.45, 2.75) is 32.2 Å². The molecule has 20 heavy (non-hydrogen) atoms. The Balaban J connectivity index is 1.71. The Bertz CT molecular complexity index is 398. The van der Waals surface area contributed by atoms with Crippen LogP contribution in [0.5, 0.6) is 0 Å². The number of likely N-dealkylation sites (tertiary alicyclic amines) is 2. The van der Waals surface area contributed by atoms with Crippen LogP contribution in [0, 0.1) is 5.92 Å². The second-order valence-corrected chi connectivity index (χ2v) is 5.61.